The van der Waals surface area contributed by atoms with Gasteiger partial charge in [-0.2, -0.15) is 0 Å². The van der Waals surface area contributed by atoms with E-state index >= 15 is 0 Å². The van der Waals surface area contributed by atoms with Gasteiger partial charge < -0.3 is 4.74 Å². The summed E-state index contributed by atoms with van der Waals surface area (Å²) in [5, 5.41) is 2.90. The molecule has 1 unspecified atom stereocenters. The molecule has 0 saturated heterocycles. The number of aromatic nitrogens is 1. The summed E-state index contributed by atoms with van der Waals surface area (Å²) < 4.78 is 34.3. The van der Waals surface area contributed by atoms with E-state index in [1.807, 2.05) is 79.7 Å². The summed E-state index contributed by atoms with van der Waals surface area (Å²) in [6, 6.07) is 28.5. The van der Waals surface area contributed by atoms with Crippen LogP contribution in [0, 0.1) is 6.92 Å². The zero-order valence-corrected chi connectivity index (χ0v) is 22.4. The van der Waals surface area contributed by atoms with Gasteiger partial charge in [0.25, 0.3) is 10.0 Å². The predicted octanol–water partition coefficient (Wildman–Crippen LogP) is 6.98. The largest absolute Gasteiger partial charge is 0.463 e. The molecule has 1 aromatic heterocycles. The molecule has 0 bridgehead atoms. The number of nitrogens with zero attached hydrogens (tertiary/aromatic N) is 1. The fourth-order valence-corrected chi connectivity index (χ4v) is 6.26. The first-order chi connectivity index (χ1) is 18.3. The minimum atomic E-state index is -3.87. The molecule has 5 aromatic rings. The molecular weight excluding hydrogens is 494 g/mol. The predicted molar refractivity (Wildman–Crippen MR) is 152 cm³/mol. The highest BCUT2D eigenvalue weighted by molar-refractivity contribution is 7.90. The van der Waals surface area contributed by atoms with E-state index in [9.17, 15) is 13.2 Å². The second kappa shape index (κ2) is 10.3. The third-order valence-corrected chi connectivity index (χ3v) is 8.48. The third kappa shape index (κ3) is 4.63. The Bertz CT molecular complexity index is 1770. The number of carbonyl (C=O) groups excluding carboxylic acids is 1. The average Bonchev–Trinajstić information content (AvgIpc) is 3.32. The number of ether oxygens (including phenoxy) is 1. The maximum absolute atomic E-state index is 13.8. The number of hydrogen-bond acceptors (Lipinski definition) is 4. The summed E-state index contributed by atoms with van der Waals surface area (Å²) in [4.78, 5) is 12.9. The van der Waals surface area contributed by atoms with Crippen LogP contribution in [0.5, 0.6) is 0 Å². The fourth-order valence-electron chi connectivity index (χ4n) is 4.88. The van der Waals surface area contributed by atoms with Crippen molar-refractivity contribution in [3.05, 3.63) is 126 Å². The molecule has 0 aliphatic rings. The minimum absolute atomic E-state index is 0.218. The van der Waals surface area contributed by atoms with Gasteiger partial charge in [-0.05, 0) is 60.9 Å². The number of aryl methyl sites for hydroxylation is 1. The van der Waals surface area contributed by atoms with Crippen LogP contribution in [0.25, 0.3) is 21.7 Å². The molecule has 0 fully saturated rings. The molecule has 0 spiro atoms. The van der Waals surface area contributed by atoms with Gasteiger partial charge in [-0.15, -0.1) is 0 Å². The Kier molecular flexibility index (Phi) is 6.91. The van der Waals surface area contributed by atoms with Gasteiger partial charge >= 0.3 is 5.97 Å². The lowest BCUT2D eigenvalue weighted by Crippen LogP contribution is -2.12. The van der Waals surface area contributed by atoms with Crippen LogP contribution < -0.4 is 0 Å². The molecule has 192 valence electrons. The van der Waals surface area contributed by atoms with Crippen LogP contribution in [0.3, 0.4) is 0 Å². The Hall–Kier alpha value is -4.16. The molecule has 0 saturated carbocycles. The Labute approximate surface area is 223 Å². The topological polar surface area (TPSA) is 65.4 Å². The molecule has 0 N–H and O–H groups in total. The summed E-state index contributed by atoms with van der Waals surface area (Å²) >= 11 is 0. The quantitative estimate of drug-likeness (QED) is 0.170. The number of fused-ring (bicyclic) bond motifs is 2. The number of hydrogen-bond donors (Lipinski definition) is 0. The van der Waals surface area contributed by atoms with Crippen LogP contribution in [0.1, 0.15) is 36.5 Å². The number of para-hydroxylation sites is 1. The van der Waals surface area contributed by atoms with Crippen molar-refractivity contribution in [1.82, 2.24) is 3.97 Å². The van der Waals surface area contributed by atoms with Gasteiger partial charge in [0.2, 0.25) is 0 Å². The van der Waals surface area contributed by atoms with Gasteiger partial charge in [0.05, 0.1) is 17.0 Å². The highest BCUT2D eigenvalue weighted by Gasteiger charge is 2.26. The number of carbonyl (C=O) groups is 1. The fraction of sp³-hybridized carbons (Fsp3) is 0.156. The number of esters is 1. The van der Waals surface area contributed by atoms with E-state index in [4.69, 9.17) is 4.74 Å². The summed E-state index contributed by atoms with van der Waals surface area (Å²) in [6.45, 7) is 5.71. The molecular formula is C32H29NO4S. The van der Waals surface area contributed by atoms with E-state index in [1.165, 1.54) is 3.97 Å². The lowest BCUT2D eigenvalue weighted by atomic mass is 9.86. The van der Waals surface area contributed by atoms with E-state index in [2.05, 4.69) is 0 Å². The van der Waals surface area contributed by atoms with Crippen LogP contribution in [0.15, 0.2) is 114 Å². The molecule has 6 heteroatoms. The summed E-state index contributed by atoms with van der Waals surface area (Å²) in [5.74, 6) is -0.793. The zero-order chi connectivity index (χ0) is 26.9. The minimum Gasteiger partial charge on any atom is -0.463 e. The standard InChI is InChI=1S/C32H29NO4S/c1-4-37-32(34)23(3)20-29(27-14-9-11-24-10-5-6-12-26(24)27)30-21-33(31-15-8-7-13-28(30)31)38(35,36)25-18-16-22(2)17-19-25/h5-21,29H,4H2,1-3H3/b23-20-. The molecule has 0 aliphatic carbocycles. The number of allylic oxidation sites excluding steroid dienone is 1. The monoisotopic (exact) mass is 523 g/mol. The van der Waals surface area contributed by atoms with Gasteiger partial charge in [-0.25, -0.2) is 17.2 Å². The SMILES string of the molecule is CCOC(=O)/C(C)=C\C(c1cccc2ccccc12)c1cn(S(=O)(=O)c2ccc(C)cc2)c2ccccc12. The first kappa shape index (κ1) is 25.5. The highest BCUT2D eigenvalue weighted by Crippen LogP contribution is 2.38. The Morgan fingerprint density at radius 3 is 2.26 bits per heavy atom. The summed E-state index contributed by atoms with van der Waals surface area (Å²) in [7, 11) is -3.87. The van der Waals surface area contributed by atoms with Crippen molar-refractivity contribution < 1.29 is 17.9 Å². The van der Waals surface area contributed by atoms with E-state index in [0.29, 0.717) is 11.1 Å². The smallest absolute Gasteiger partial charge is 0.333 e. The molecule has 1 heterocycles. The van der Waals surface area contributed by atoms with Gasteiger partial charge in [0.15, 0.2) is 0 Å². The normalized spacial score (nSPS) is 13.1. The molecule has 38 heavy (non-hydrogen) atoms. The Morgan fingerprint density at radius 2 is 1.53 bits per heavy atom. The maximum Gasteiger partial charge on any atom is 0.333 e. The molecule has 0 radical (unpaired) electrons. The van der Waals surface area contributed by atoms with Crippen molar-refractivity contribution in [3.63, 3.8) is 0 Å². The highest BCUT2D eigenvalue weighted by atomic mass is 32.2. The van der Waals surface area contributed by atoms with E-state index in [-0.39, 0.29) is 11.5 Å². The number of benzene rings is 4. The second-order valence-electron chi connectivity index (χ2n) is 9.33. The summed E-state index contributed by atoms with van der Waals surface area (Å²) in [6.07, 6.45) is 3.58. The van der Waals surface area contributed by atoms with E-state index in [0.717, 1.165) is 32.8 Å². The average molecular weight is 524 g/mol. The third-order valence-electron chi connectivity index (χ3n) is 6.79. The van der Waals surface area contributed by atoms with Crippen LogP contribution >= 0.6 is 0 Å². The van der Waals surface area contributed by atoms with Crippen molar-refractivity contribution in [2.24, 2.45) is 0 Å². The molecule has 1 atom stereocenters. The number of rotatable bonds is 7. The molecule has 0 amide bonds. The van der Waals surface area contributed by atoms with Crippen LogP contribution in [0.4, 0.5) is 0 Å². The lowest BCUT2D eigenvalue weighted by Gasteiger charge is -2.17. The first-order valence-corrected chi connectivity index (χ1v) is 14.0. The Balaban J connectivity index is 1.79. The van der Waals surface area contributed by atoms with Gasteiger partial charge in [0, 0.05) is 23.1 Å². The van der Waals surface area contributed by atoms with Crippen LogP contribution in [0.2, 0.25) is 0 Å². The van der Waals surface area contributed by atoms with Crippen molar-refractivity contribution in [1.29, 1.82) is 0 Å². The van der Waals surface area contributed by atoms with Crippen molar-refractivity contribution in [2.75, 3.05) is 6.61 Å². The van der Waals surface area contributed by atoms with Gasteiger partial charge in [-0.3, -0.25) is 0 Å². The van der Waals surface area contributed by atoms with Crippen molar-refractivity contribution in [2.45, 2.75) is 31.6 Å². The van der Waals surface area contributed by atoms with Gasteiger partial charge in [0.1, 0.15) is 0 Å². The van der Waals surface area contributed by atoms with E-state index < -0.39 is 21.9 Å². The lowest BCUT2D eigenvalue weighted by molar-refractivity contribution is -0.138. The summed E-state index contributed by atoms with van der Waals surface area (Å²) in [5.41, 5.74) is 3.79. The second-order valence-corrected chi connectivity index (χ2v) is 11.1. The first-order valence-electron chi connectivity index (χ1n) is 12.6. The maximum atomic E-state index is 13.8. The van der Waals surface area contributed by atoms with E-state index in [1.54, 1.807) is 44.3 Å². The van der Waals surface area contributed by atoms with Crippen LogP contribution in [-0.4, -0.2) is 25.0 Å². The molecule has 0 aliphatic heterocycles. The molecule has 5 rings (SSSR count). The van der Waals surface area contributed by atoms with Crippen molar-refractivity contribution >= 4 is 37.7 Å². The molecule has 4 aromatic carbocycles. The zero-order valence-electron chi connectivity index (χ0n) is 21.6. The molecule has 5 nitrogen and oxygen atoms in total. The Morgan fingerprint density at radius 1 is 0.868 bits per heavy atom. The van der Waals surface area contributed by atoms with Gasteiger partial charge in [-0.1, -0.05) is 84.4 Å². The van der Waals surface area contributed by atoms with Crippen LogP contribution in [-0.2, 0) is 19.6 Å². The van der Waals surface area contributed by atoms with Crippen molar-refractivity contribution in [3.8, 4) is 0 Å².